The van der Waals surface area contributed by atoms with Gasteiger partial charge >= 0.3 is 0 Å². The highest BCUT2D eigenvalue weighted by molar-refractivity contribution is 7.25. The molecule has 0 atom stereocenters. The second kappa shape index (κ2) is 12.6. The molecule has 0 aliphatic carbocycles. The summed E-state index contributed by atoms with van der Waals surface area (Å²) in [4.78, 5) is 15.9. The first-order chi connectivity index (χ1) is 28.3. The maximum atomic E-state index is 5.39. The van der Waals surface area contributed by atoms with Crippen molar-refractivity contribution < 1.29 is 0 Å². The highest BCUT2D eigenvalue weighted by atomic mass is 32.1. The first-order valence-corrected chi connectivity index (χ1v) is 19.9. The van der Waals surface area contributed by atoms with E-state index in [9.17, 15) is 0 Å². The Balaban J connectivity index is 1.14. The Bertz CT molecular complexity index is 3510. The van der Waals surface area contributed by atoms with Crippen molar-refractivity contribution in [3.05, 3.63) is 188 Å². The molecule has 0 aliphatic rings. The van der Waals surface area contributed by atoms with Crippen LogP contribution >= 0.6 is 11.3 Å². The average Bonchev–Trinajstić information content (AvgIpc) is 3.94. The van der Waals surface area contributed by atoms with Crippen molar-refractivity contribution in [3.8, 4) is 45.5 Å². The van der Waals surface area contributed by atoms with Crippen LogP contribution in [0.5, 0.6) is 0 Å². The Kier molecular flexibility index (Phi) is 7.03. The monoisotopic (exact) mass is 745 g/mol. The van der Waals surface area contributed by atoms with E-state index < -0.39 is 0 Å². The summed E-state index contributed by atoms with van der Waals surface area (Å²) >= 11 is 1.81. The van der Waals surface area contributed by atoms with Crippen LogP contribution in [0.15, 0.2) is 188 Å². The standard InChI is InChI=1S/C51H31N5S/c1-4-14-32(15-5-1)34-24-26-39-40-27-25-35(31-46(40)57-45(39)30-34)50-52-49(33-16-6-2-7-17-33)53-51(54-50)56-44-23-13-11-21-38(44)42-29-28-41-37-20-10-12-22-43(37)55(47(41)48(42)56)36-18-8-3-9-19-36/h1-31H. The van der Waals surface area contributed by atoms with Gasteiger partial charge in [-0.2, -0.15) is 9.97 Å². The van der Waals surface area contributed by atoms with Gasteiger partial charge in [0.2, 0.25) is 5.95 Å². The highest BCUT2D eigenvalue weighted by Gasteiger charge is 2.23. The Morgan fingerprint density at radius 1 is 0.333 bits per heavy atom. The van der Waals surface area contributed by atoms with E-state index in [0.717, 1.165) is 49.7 Å². The number of thiophene rings is 1. The lowest BCUT2D eigenvalue weighted by molar-refractivity contribution is 0.953. The molecule has 4 aromatic heterocycles. The minimum atomic E-state index is 0.575. The molecule has 0 spiro atoms. The fraction of sp³-hybridized carbons (Fsp3) is 0. The molecule has 57 heavy (non-hydrogen) atoms. The lowest BCUT2D eigenvalue weighted by Gasteiger charge is -2.13. The zero-order valence-electron chi connectivity index (χ0n) is 30.5. The number of para-hydroxylation sites is 3. The lowest BCUT2D eigenvalue weighted by atomic mass is 10.0. The summed E-state index contributed by atoms with van der Waals surface area (Å²) in [6.07, 6.45) is 0. The van der Waals surface area contributed by atoms with E-state index in [1.807, 2.05) is 29.5 Å². The first kappa shape index (κ1) is 31.9. The van der Waals surface area contributed by atoms with Gasteiger partial charge in [0.25, 0.3) is 0 Å². The van der Waals surface area contributed by atoms with Gasteiger partial charge in [0, 0.05) is 58.5 Å². The quantitative estimate of drug-likeness (QED) is 0.176. The molecule has 5 nitrogen and oxygen atoms in total. The Morgan fingerprint density at radius 2 is 0.807 bits per heavy atom. The number of hydrogen-bond acceptors (Lipinski definition) is 4. The number of aromatic nitrogens is 5. The van der Waals surface area contributed by atoms with Gasteiger partial charge in [0.05, 0.1) is 22.1 Å². The Labute approximate surface area is 331 Å². The van der Waals surface area contributed by atoms with Gasteiger partial charge in [-0.15, -0.1) is 11.3 Å². The number of rotatable bonds is 5. The molecule has 8 aromatic carbocycles. The second-order valence-electron chi connectivity index (χ2n) is 14.4. The molecule has 6 heteroatoms. The summed E-state index contributed by atoms with van der Waals surface area (Å²) in [7, 11) is 0. The van der Waals surface area contributed by atoms with Crippen LogP contribution in [0, 0.1) is 0 Å². The molecular formula is C51H31N5S. The molecule has 0 unspecified atom stereocenters. The molecule has 0 saturated heterocycles. The van der Waals surface area contributed by atoms with Gasteiger partial charge in [-0.25, -0.2) is 4.98 Å². The topological polar surface area (TPSA) is 48.5 Å². The molecule has 0 N–H and O–H groups in total. The molecule has 266 valence electrons. The fourth-order valence-electron chi connectivity index (χ4n) is 8.59. The van der Waals surface area contributed by atoms with Crippen LogP contribution in [0.1, 0.15) is 0 Å². The summed E-state index contributed by atoms with van der Waals surface area (Å²) in [5.74, 6) is 1.83. The van der Waals surface area contributed by atoms with Gasteiger partial charge in [-0.05, 0) is 47.5 Å². The van der Waals surface area contributed by atoms with Crippen molar-refractivity contribution in [2.24, 2.45) is 0 Å². The third kappa shape index (κ3) is 4.98. The summed E-state index contributed by atoms with van der Waals surface area (Å²) in [6.45, 7) is 0. The van der Waals surface area contributed by atoms with Crippen LogP contribution in [-0.4, -0.2) is 24.1 Å². The van der Waals surface area contributed by atoms with Gasteiger partial charge in [-0.3, -0.25) is 4.57 Å². The normalized spacial score (nSPS) is 11.9. The minimum absolute atomic E-state index is 0.575. The van der Waals surface area contributed by atoms with Crippen molar-refractivity contribution >= 4 is 75.1 Å². The zero-order chi connectivity index (χ0) is 37.5. The van der Waals surface area contributed by atoms with E-state index in [2.05, 4.69) is 179 Å². The fourth-order valence-corrected chi connectivity index (χ4v) is 9.77. The van der Waals surface area contributed by atoms with Crippen LogP contribution in [0.2, 0.25) is 0 Å². The van der Waals surface area contributed by atoms with Gasteiger partial charge in [0.1, 0.15) is 0 Å². The number of fused-ring (bicyclic) bond motifs is 10. The SMILES string of the molecule is c1ccc(-c2ccc3c(c2)sc2cc(-c4nc(-c5ccccc5)nc(-n5c6ccccc6c6ccc7c8ccccc8n(-c8ccccc8)c7c65)n4)ccc23)cc1. The maximum absolute atomic E-state index is 5.39. The van der Waals surface area contributed by atoms with Crippen molar-refractivity contribution in [1.29, 1.82) is 0 Å². The molecule has 0 bridgehead atoms. The number of nitrogens with zero attached hydrogens (tertiary/aromatic N) is 5. The first-order valence-electron chi connectivity index (χ1n) is 19.1. The van der Waals surface area contributed by atoms with Crippen molar-refractivity contribution in [1.82, 2.24) is 24.1 Å². The van der Waals surface area contributed by atoms with Crippen LogP contribution in [0.4, 0.5) is 0 Å². The highest BCUT2D eigenvalue weighted by Crippen LogP contribution is 2.42. The minimum Gasteiger partial charge on any atom is -0.307 e. The molecule has 12 rings (SSSR count). The van der Waals surface area contributed by atoms with Gasteiger partial charge in [-0.1, -0.05) is 152 Å². The van der Waals surface area contributed by atoms with E-state index in [0.29, 0.717) is 17.6 Å². The van der Waals surface area contributed by atoms with Crippen LogP contribution < -0.4 is 0 Å². The van der Waals surface area contributed by atoms with E-state index in [-0.39, 0.29) is 0 Å². The zero-order valence-corrected chi connectivity index (χ0v) is 31.4. The van der Waals surface area contributed by atoms with Crippen molar-refractivity contribution in [3.63, 3.8) is 0 Å². The smallest absolute Gasteiger partial charge is 0.238 e. The molecular weight excluding hydrogens is 715 g/mol. The van der Waals surface area contributed by atoms with Crippen LogP contribution in [0.25, 0.3) is 109 Å². The number of benzene rings is 8. The van der Waals surface area contributed by atoms with E-state index >= 15 is 0 Å². The summed E-state index contributed by atoms with van der Waals surface area (Å²) in [5, 5.41) is 7.14. The second-order valence-corrected chi connectivity index (χ2v) is 15.5. The van der Waals surface area contributed by atoms with Crippen molar-refractivity contribution in [2.75, 3.05) is 0 Å². The molecule has 4 heterocycles. The lowest BCUT2D eigenvalue weighted by Crippen LogP contribution is -2.07. The van der Waals surface area contributed by atoms with Crippen molar-refractivity contribution in [2.45, 2.75) is 0 Å². The Morgan fingerprint density at radius 3 is 1.46 bits per heavy atom. The third-order valence-electron chi connectivity index (χ3n) is 11.2. The van der Waals surface area contributed by atoms with Crippen LogP contribution in [-0.2, 0) is 0 Å². The summed E-state index contributed by atoms with van der Waals surface area (Å²) < 4.78 is 7.10. The molecule has 0 amide bonds. The predicted octanol–water partition coefficient (Wildman–Crippen LogP) is 13.4. The van der Waals surface area contributed by atoms with Gasteiger partial charge in [0.15, 0.2) is 11.6 Å². The summed E-state index contributed by atoms with van der Waals surface area (Å²) in [5.41, 5.74) is 9.77. The molecule has 12 aromatic rings. The van der Waals surface area contributed by atoms with E-state index in [4.69, 9.17) is 15.0 Å². The molecule has 0 fully saturated rings. The predicted molar refractivity (Wildman–Crippen MR) is 238 cm³/mol. The largest absolute Gasteiger partial charge is 0.307 e. The molecule has 0 saturated carbocycles. The number of hydrogen-bond donors (Lipinski definition) is 0. The van der Waals surface area contributed by atoms with E-state index in [1.165, 1.54) is 42.1 Å². The third-order valence-corrected chi connectivity index (χ3v) is 12.3. The molecule has 0 radical (unpaired) electrons. The average molecular weight is 746 g/mol. The Hall–Kier alpha value is -7.41. The van der Waals surface area contributed by atoms with Gasteiger partial charge < -0.3 is 4.57 Å². The van der Waals surface area contributed by atoms with Crippen LogP contribution in [0.3, 0.4) is 0 Å². The molecule has 0 aliphatic heterocycles. The van der Waals surface area contributed by atoms with E-state index in [1.54, 1.807) is 0 Å². The maximum Gasteiger partial charge on any atom is 0.238 e. The summed E-state index contributed by atoms with van der Waals surface area (Å²) in [6, 6.07) is 66.6.